The second-order valence-corrected chi connectivity index (χ2v) is 5.85. The van der Waals surface area contributed by atoms with Gasteiger partial charge in [0.2, 0.25) is 17.1 Å². The summed E-state index contributed by atoms with van der Waals surface area (Å²) in [6.45, 7) is 1.39. The third kappa shape index (κ3) is 3.29. The van der Waals surface area contributed by atoms with Gasteiger partial charge in [0, 0.05) is 6.07 Å². The fourth-order valence-corrected chi connectivity index (χ4v) is 2.15. The molecule has 0 amide bonds. The van der Waals surface area contributed by atoms with Gasteiger partial charge in [-0.1, -0.05) is 0 Å². The number of hydrogen-bond acceptors (Lipinski definition) is 6. The van der Waals surface area contributed by atoms with Crippen molar-refractivity contribution >= 4 is 26.5 Å². The van der Waals surface area contributed by atoms with Crippen LogP contribution in [0.5, 0.6) is 0 Å². The summed E-state index contributed by atoms with van der Waals surface area (Å²) in [5, 5.41) is 9.94. The zero-order valence-electron chi connectivity index (χ0n) is 8.97. The van der Waals surface area contributed by atoms with Crippen molar-refractivity contribution in [2.24, 2.45) is 0 Å². The van der Waals surface area contributed by atoms with Gasteiger partial charge in [-0.2, -0.15) is 16.8 Å². The molecule has 0 fully saturated rings. The summed E-state index contributed by atoms with van der Waals surface area (Å²) in [6, 6.07) is 0.403. The van der Waals surface area contributed by atoms with Crippen LogP contribution in [0.2, 0.25) is 0 Å². The molecule has 11 heteroatoms. The third-order valence-corrected chi connectivity index (χ3v) is 3.39. The molecule has 0 aliphatic heterocycles. The van der Waals surface area contributed by atoms with Crippen LogP contribution < -0.4 is 0 Å². The Hall–Kier alpha value is -1.43. The summed E-state index contributed by atoms with van der Waals surface area (Å²) in [7, 11) is -9.58. The van der Waals surface area contributed by atoms with Crippen LogP contribution >= 0.6 is 0 Å². The van der Waals surface area contributed by atoms with Gasteiger partial charge in [0.1, 0.15) is 4.90 Å². The third-order valence-electron chi connectivity index (χ3n) is 1.81. The minimum absolute atomic E-state index is 0.0627. The number of hydrogen-bond donors (Lipinski definition) is 2. The Labute approximate surface area is 102 Å². The Bertz CT molecular complexity index is 681. The van der Waals surface area contributed by atoms with E-state index in [0.29, 0.717) is 12.3 Å². The summed E-state index contributed by atoms with van der Waals surface area (Å²) in [4.78, 5) is -0.926. The lowest BCUT2D eigenvalue weighted by Crippen LogP contribution is -2.07. The molecule has 1 aromatic heterocycles. The van der Waals surface area contributed by atoms with Crippen LogP contribution in [0.15, 0.2) is 20.5 Å². The molecule has 2 N–H and O–H groups in total. The van der Waals surface area contributed by atoms with Gasteiger partial charge in [-0.15, -0.1) is 0 Å². The molecule has 0 aromatic carbocycles. The SMILES string of the molecule is CC[N+]([O-])=Cc1oc(S(=O)(=O)O)cc1S(=O)(=O)O. The van der Waals surface area contributed by atoms with Crippen LogP contribution in [0.1, 0.15) is 12.7 Å². The molecule has 0 unspecified atom stereocenters. The summed E-state index contributed by atoms with van der Waals surface area (Å²) in [6.07, 6.45) is 0.637. The zero-order chi connectivity index (χ0) is 14.1. The van der Waals surface area contributed by atoms with Crippen molar-refractivity contribution in [1.29, 1.82) is 0 Å². The topological polar surface area (TPSA) is 148 Å². The second kappa shape index (κ2) is 4.68. The van der Waals surface area contributed by atoms with Gasteiger partial charge in [-0.3, -0.25) is 9.11 Å². The summed E-state index contributed by atoms with van der Waals surface area (Å²) >= 11 is 0. The van der Waals surface area contributed by atoms with Crippen LogP contribution in [-0.4, -0.2) is 43.4 Å². The molecule has 0 aliphatic rings. The maximum absolute atomic E-state index is 11.0. The molecule has 0 radical (unpaired) electrons. The fraction of sp³-hybridized carbons (Fsp3) is 0.286. The average molecular weight is 299 g/mol. The highest BCUT2D eigenvalue weighted by Crippen LogP contribution is 2.22. The Morgan fingerprint density at radius 3 is 2.28 bits per heavy atom. The van der Waals surface area contributed by atoms with Crippen molar-refractivity contribution in [2.75, 3.05) is 6.54 Å². The van der Waals surface area contributed by atoms with Gasteiger partial charge in [0.15, 0.2) is 6.54 Å². The maximum Gasteiger partial charge on any atom is 0.328 e. The van der Waals surface area contributed by atoms with Gasteiger partial charge in [-0.05, 0) is 6.92 Å². The molecule has 9 nitrogen and oxygen atoms in total. The normalized spacial score (nSPS) is 13.8. The first-order valence-electron chi connectivity index (χ1n) is 4.43. The fourth-order valence-electron chi connectivity index (χ4n) is 1.01. The highest BCUT2D eigenvalue weighted by Gasteiger charge is 2.27. The first-order chi connectivity index (χ1) is 8.05. The predicted octanol–water partition coefficient (Wildman–Crippen LogP) is -0.278. The quantitative estimate of drug-likeness (QED) is 0.253. The highest BCUT2D eigenvalue weighted by molar-refractivity contribution is 7.86. The van der Waals surface area contributed by atoms with Crippen LogP contribution in [0.25, 0.3) is 0 Å². The molecule has 0 saturated heterocycles. The average Bonchev–Trinajstić information content (AvgIpc) is 2.60. The molecule has 0 saturated carbocycles. The van der Waals surface area contributed by atoms with E-state index < -0.39 is 36.0 Å². The second-order valence-electron chi connectivity index (χ2n) is 3.11. The minimum atomic E-state index is -4.79. The van der Waals surface area contributed by atoms with E-state index in [1.54, 1.807) is 0 Å². The first-order valence-corrected chi connectivity index (χ1v) is 7.31. The Balaban J connectivity index is 3.55. The summed E-state index contributed by atoms with van der Waals surface area (Å²) < 4.78 is 65.7. The van der Waals surface area contributed by atoms with Crippen molar-refractivity contribution in [3.05, 3.63) is 17.0 Å². The van der Waals surface area contributed by atoms with Crippen LogP contribution in [0, 0.1) is 5.21 Å². The molecule has 18 heavy (non-hydrogen) atoms. The lowest BCUT2D eigenvalue weighted by Gasteiger charge is -1.98. The van der Waals surface area contributed by atoms with Gasteiger partial charge in [0.05, 0.1) is 0 Å². The number of nitrogens with zero attached hydrogens (tertiary/aromatic N) is 1. The molecule has 1 aromatic rings. The molecule has 0 aliphatic carbocycles. The lowest BCUT2D eigenvalue weighted by molar-refractivity contribution is -0.448. The lowest BCUT2D eigenvalue weighted by atomic mass is 10.5. The van der Waals surface area contributed by atoms with E-state index in [9.17, 15) is 22.0 Å². The number of furan rings is 1. The standard InChI is InChI=1S/C7H9NO8S2/c1-2-8(9)4-5-6(17(10,11)12)3-7(16-5)18(13,14)15/h3-4H,2H2,1H3,(H,10,11,12)(H,13,14,15). The summed E-state index contributed by atoms with van der Waals surface area (Å²) in [5.41, 5.74) is 0. The van der Waals surface area contributed by atoms with Crippen molar-refractivity contribution in [2.45, 2.75) is 16.9 Å². The van der Waals surface area contributed by atoms with E-state index in [1.807, 2.05) is 0 Å². The predicted molar refractivity (Wildman–Crippen MR) is 57.7 cm³/mol. The van der Waals surface area contributed by atoms with Gasteiger partial charge in [0.25, 0.3) is 10.1 Å². The number of hydroxylamine groups is 1. The van der Waals surface area contributed by atoms with E-state index in [0.717, 1.165) is 0 Å². The molecule has 1 heterocycles. The summed E-state index contributed by atoms with van der Waals surface area (Å²) in [5.74, 6) is -0.693. The van der Waals surface area contributed by atoms with Crippen LogP contribution in [-0.2, 0) is 20.2 Å². The molecular weight excluding hydrogens is 290 g/mol. The van der Waals surface area contributed by atoms with E-state index in [2.05, 4.69) is 4.42 Å². The largest absolute Gasteiger partial charge is 0.624 e. The monoisotopic (exact) mass is 299 g/mol. The first kappa shape index (κ1) is 14.6. The van der Waals surface area contributed by atoms with Crippen LogP contribution in [0.4, 0.5) is 0 Å². The van der Waals surface area contributed by atoms with E-state index in [4.69, 9.17) is 9.11 Å². The molecular formula is C7H9NO8S2. The zero-order valence-corrected chi connectivity index (χ0v) is 10.6. The van der Waals surface area contributed by atoms with Crippen molar-refractivity contribution in [3.8, 4) is 0 Å². The molecule has 0 bridgehead atoms. The molecule has 102 valence electrons. The molecule has 0 spiro atoms. The van der Waals surface area contributed by atoms with Gasteiger partial charge in [-0.25, -0.2) is 4.74 Å². The van der Waals surface area contributed by atoms with Gasteiger partial charge < -0.3 is 9.62 Å². The van der Waals surface area contributed by atoms with E-state index in [-0.39, 0.29) is 11.3 Å². The van der Waals surface area contributed by atoms with E-state index in [1.165, 1.54) is 6.92 Å². The Morgan fingerprint density at radius 1 is 1.33 bits per heavy atom. The molecule has 1 rings (SSSR count). The van der Waals surface area contributed by atoms with Crippen molar-refractivity contribution < 1.29 is 35.1 Å². The minimum Gasteiger partial charge on any atom is -0.624 e. The van der Waals surface area contributed by atoms with Crippen molar-refractivity contribution in [3.63, 3.8) is 0 Å². The highest BCUT2D eigenvalue weighted by atomic mass is 32.2. The smallest absolute Gasteiger partial charge is 0.328 e. The molecule has 0 atom stereocenters. The maximum atomic E-state index is 11.0. The van der Waals surface area contributed by atoms with E-state index >= 15 is 0 Å². The van der Waals surface area contributed by atoms with Crippen LogP contribution in [0.3, 0.4) is 0 Å². The van der Waals surface area contributed by atoms with Crippen molar-refractivity contribution in [1.82, 2.24) is 0 Å². The number of rotatable bonds is 4. The van der Waals surface area contributed by atoms with Gasteiger partial charge >= 0.3 is 10.1 Å². The Morgan fingerprint density at radius 2 is 1.89 bits per heavy atom. The Kier molecular flexibility index (Phi) is 3.81.